The van der Waals surface area contributed by atoms with Crippen molar-refractivity contribution in [3.8, 4) is 5.75 Å². The largest absolute Gasteiger partial charge is 0.496 e. The van der Waals surface area contributed by atoms with E-state index in [0.29, 0.717) is 11.1 Å². The Hall–Kier alpha value is -0.360. The number of hydrogen-bond donors (Lipinski definition) is 0. The Kier molecular flexibility index (Phi) is 2.42. The van der Waals surface area contributed by atoms with E-state index in [4.69, 9.17) is 4.74 Å². The number of methoxy groups -OCH3 is 1. The summed E-state index contributed by atoms with van der Waals surface area (Å²) in [6.07, 6.45) is 0. The normalized spacial score (nSPS) is 10.7. The number of thiophene rings is 1. The second kappa shape index (κ2) is 3.42. The Morgan fingerprint density at radius 3 is 2.92 bits per heavy atom. The van der Waals surface area contributed by atoms with Crippen molar-refractivity contribution >= 4 is 44.0 Å². The van der Waals surface area contributed by atoms with Crippen LogP contribution in [0, 0.1) is 9.39 Å². The predicted octanol–water partition coefficient (Wildman–Crippen LogP) is 3.65. The van der Waals surface area contributed by atoms with Gasteiger partial charge in [-0.2, -0.15) is 0 Å². The number of halogens is 2. The molecule has 0 aliphatic carbocycles. The summed E-state index contributed by atoms with van der Waals surface area (Å²) in [5.74, 6) is 0.411. The Morgan fingerprint density at radius 2 is 2.23 bits per heavy atom. The molecule has 0 spiro atoms. The van der Waals surface area contributed by atoms with E-state index in [-0.39, 0.29) is 5.82 Å². The number of benzene rings is 1. The second-order valence-electron chi connectivity index (χ2n) is 2.56. The SMILES string of the molecule is COc1cc(I)cc2scc(F)c12. The fraction of sp³-hybridized carbons (Fsp3) is 0.111. The third-order valence-electron chi connectivity index (χ3n) is 1.78. The minimum absolute atomic E-state index is 0.201. The smallest absolute Gasteiger partial charge is 0.145 e. The molecule has 0 bridgehead atoms. The van der Waals surface area contributed by atoms with Gasteiger partial charge in [0.1, 0.15) is 11.6 Å². The maximum atomic E-state index is 13.3. The number of hydrogen-bond acceptors (Lipinski definition) is 2. The first kappa shape index (κ1) is 9.21. The first-order valence-corrected chi connectivity index (χ1v) is 5.58. The molecule has 0 saturated carbocycles. The predicted molar refractivity (Wildman–Crippen MR) is 61.1 cm³/mol. The van der Waals surface area contributed by atoms with Gasteiger partial charge in [-0.15, -0.1) is 11.3 Å². The van der Waals surface area contributed by atoms with Gasteiger partial charge in [0.15, 0.2) is 0 Å². The Balaban J connectivity index is 2.85. The van der Waals surface area contributed by atoms with Gasteiger partial charge in [-0.05, 0) is 34.7 Å². The molecule has 1 heterocycles. The molecule has 13 heavy (non-hydrogen) atoms. The molecule has 0 amide bonds. The zero-order valence-corrected chi connectivity index (χ0v) is 9.78. The van der Waals surface area contributed by atoms with Crippen LogP contribution in [0.2, 0.25) is 0 Å². The van der Waals surface area contributed by atoms with Gasteiger partial charge in [-0.3, -0.25) is 0 Å². The van der Waals surface area contributed by atoms with Gasteiger partial charge >= 0.3 is 0 Å². The summed E-state index contributed by atoms with van der Waals surface area (Å²) in [6.45, 7) is 0. The van der Waals surface area contributed by atoms with E-state index in [1.165, 1.54) is 16.7 Å². The van der Waals surface area contributed by atoms with Gasteiger partial charge in [0, 0.05) is 13.7 Å². The summed E-state index contributed by atoms with van der Waals surface area (Å²) in [6, 6.07) is 3.78. The van der Waals surface area contributed by atoms with Gasteiger partial charge in [-0.1, -0.05) is 0 Å². The van der Waals surface area contributed by atoms with Gasteiger partial charge in [0.25, 0.3) is 0 Å². The summed E-state index contributed by atoms with van der Waals surface area (Å²) in [7, 11) is 1.56. The second-order valence-corrected chi connectivity index (χ2v) is 4.72. The lowest BCUT2D eigenvalue weighted by molar-refractivity contribution is 0.418. The first-order chi connectivity index (χ1) is 6.22. The van der Waals surface area contributed by atoms with Crippen LogP contribution >= 0.6 is 33.9 Å². The molecular weight excluding hydrogens is 302 g/mol. The molecule has 0 aliphatic rings. The van der Waals surface area contributed by atoms with Crippen molar-refractivity contribution in [2.24, 2.45) is 0 Å². The Morgan fingerprint density at radius 1 is 1.46 bits per heavy atom. The Labute approximate surface area is 92.7 Å². The molecule has 68 valence electrons. The van der Waals surface area contributed by atoms with Gasteiger partial charge in [0.2, 0.25) is 0 Å². The molecule has 4 heteroatoms. The monoisotopic (exact) mass is 308 g/mol. The molecule has 1 nitrogen and oxygen atoms in total. The lowest BCUT2D eigenvalue weighted by Gasteiger charge is -2.02. The van der Waals surface area contributed by atoms with E-state index in [9.17, 15) is 4.39 Å². The maximum Gasteiger partial charge on any atom is 0.145 e. The molecular formula is C9H6FIOS. The molecule has 0 fully saturated rings. The minimum Gasteiger partial charge on any atom is -0.496 e. The number of ether oxygens (including phenoxy) is 1. The van der Waals surface area contributed by atoms with Crippen LogP contribution in [0.5, 0.6) is 5.75 Å². The topological polar surface area (TPSA) is 9.23 Å². The maximum absolute atomic E-state index is 13.3. The van der Waals surface area contributed by atoms with Crippen LogP contribution in [0.15, 0.2) is 17.5 Å². The van der Waals surface area contributed by atoms with Crippen LogP contribution in [0.25, 0.3) is 10.1 Å². The van der Waals surface area contributed by atoms with Gasteiger partial charge in [0.05, 0.1) is 12.5 Å². The molecule has 0 radical (unpaired) electrons. The van der Waals surface area contributed by atoms with Crippen molar-refractivity contribution in [3.63, 3.8) is 0 Å². The van der Waals surface area contributed by atoms with E-state index in [1.54, 1.807) is 7.11 Å². The van der Waals surface area contributed by atoms with Gasteiger partial charge < -0.3 is 4.74 Å². The number of rotatable bonds is 1. The third-order valence-corrected chi connectivity index (χ3v) is 3.30. The average molecular weight is 308 g/mol. The molecule has 2 aromatic rings. The summed E-state index contributed by atoms with van der Waals surface area (Å²) >= 11 is 3.59. The van der Waals surface area contributed by atoms with Crippen LogP contribution in [0.1, 0.15) is 0 Å². The average Bonchev–Trinajstić information content (AvgIpc) is 2.46. The van der Waals surface area contributed by atoms with Gasteiger partial charge in [-0.25, -0.2) is 4.39 Å². The highest BCUT2D eigenvalue weighted by atomic mass is 127. The van der Waals surface area contributed by atoms with Crippen LogP contribution in [-0.2, 0) is 0 Å². The highest BCUT2D eigenvalue weighted by Crippen LogP contribution is 2.34. The molecule has 1 aromatic heterocycles. The summed E-state index contributed by atoms with van der Waals surface area (Å²) in [5, 5.41) is 2.09. The van der Waals surface area contributed by atoms with Crippen LogP contribution in [0.4, 0.5) is 4.39 Å². The van der Waals surface area contributed by atoms with Crippen molar-refractivity contribution in [2.45, 2.75) is 0 Å². The Bertz CT molecular complexity index is 452. The first-order valence-electron chi connectivity index (χ1n) is 3.62. The molecule has 0 atom stereocenters. The van der Waals surface area contributed by atoms with E-state index in [1.807, 2.05) is 12.1 Å². The third kappa shape index (κ3) is 1.52. The summed E-state index contributed by atoms with van der Waals surface area (Å²) < 4.78 is 20.4. The van der Waals surface area contributed by atoms with Crippen molar-refractivity contribution in [2.75, 3.05) is 7.11 Å². The van der Waals surface area contributed by atoms with E-state index in [2.05, 4.69) is 22.6 Å². The van der Waals surface area contributed by atoms with Crippen molar-refractivity contribution in [1.29, 1.82) is 0 Å². The molecule has 0 saturated heterocycles. The number of fused-ring (bicyclic) bond motifs is 1. The molecule has 0 aliphatic heterocycles. The fourth-order valence-corrected chi connectivity index (χ4v) is 2.89. The zero-order valence-electron chi connectivity index (χ0n) is 6.80. The van der Waals surface area contributed by atoms with Crippen molar-refractivity contribution in [3.05, 3.63) is 26.9 Å². The highest BCUT2D eigenvalue weighted by molar-refractivity contribution is 14.1. The fourth-order valence-electron chi connectivity index (χ4n) is 1.22. The van der Waals surface area contributed by atoms with Crippen molar-refractivity contribution < 1.29 is 9.13 Å². The van der Waals surface area contributed by atoms with E-state index >= 15 is 0 Å². The van der Waals surface area contributed by atoms with Crippen LogP contribution in [-0.4, -0.2) is 7.11 Å². The highest BCUT2D eigenvalue weighted by Gasteiger charge is 2.10. The van der Waals surface area contributed by atoms with Crippen LogP contribution in [0.3, 0.4) is 0 Å². The molecule has 0 N–H and O–H groups in total. The van der Waals surface area contributed by atoms with E-state index in [0.717, 1.165) is 8.27 Å². The van der Waals surface area contributed by atoms with E-state index < -0.39 is 0 Å². The lowest BCUT2D eigenvalue weighted by Crippen LogP contribution is -1.85. The molecule has 1 aromatic carbocycles. The molecule has 2 rings (SSSR count). The van der Waals surface area contributed by atoms with Crippen LogP contribution < -0.4 is 4.74 Å². The summed E-state index contributed by atoms with van der Waals surface area (Å²) in [5.41, 5.74) is 0. The summed E-state index contributed by atoms with van der Waals surface area (Å²) in [4.78, 5) is 0. The molecule has 0 unspecified atom stereocenters. The standard InChI is InChI=1S/C9H6FIOS/c1-12-7-2-5(11)3-8-9(7)6(10)4-13-8/h2-4H,1H3. The lowest BCUT2D eigenvalue weighted by atomic mass is 10.2. The quantitative estimate of drug-likeness (QED) is 0.731. The minimum atomic E-state index is -0.201. The zero-order chi connectivity index (χ0) is 9.42. The van der Waals surface area contributed by atoms with Crippen molar-refractivity contribution in [1.82, 2.24) is 0 Å².